The highest BCUT2D eigenvalue weighted by molar-refractivity contribution is 8.22. The average molecular weight is 1620 g/mol. The maximum atomic E-state index is 16.3. The fraction of sp³-hybridized carbons (Fsp3) is 0.0541. The van der Waals surface area contributed by atoms with E-state index in [1.54, 1.807) is 0 Å². The minimum atomic E-state index is -3.42. The molecule has 0 fully saturated rings. The Hall–Kier alpha value is -14.2. The number of benzene rings is 17. The van der Waals surface area contributed by atoms with Gasteiger partial charge < -0.3 is 14.1 Å². The molecule has 0 amide bonds. The van der Waals surface area contributed by atoms with Gasteiger partial charge in [0.05, 0.1) is 28.1 Å². The van der Waals surface area contributed by atoms with Crippen LogP contribution in [0.25, 0.3) is 128 Å². The van der Waals surface area contributed by atoms with Crippen molar-refractivity contribution in [2.24, 2.45) is 0 Å². The molecule has 4 aliphatic rings. The largest absolute Gasteiger partial charge is 0.310 e. The van der Waals surface area contributed by atoms with E-state index in [1.165, 1.54) is 60.8 Å². The molecule has 2 aromatic heterocycles. The van der Waals surface area contributed by atoms with Gasteiger partial charge in [-0.25, -0.2) is 15.0 Å². The lowest BCUT2D eigenvalue weighted by atomic mass is 9.78. The second-order valence-electron chi connectivity index (χ2n) is 33.3. The molecule has 122 heavy (non-hydrogen) atoms. The molecule has 23 rings (SSSR count). The normalized spacial score (nSPS) is 15.9. The van der Waals surface area contributed by atoms with E-state index in [4.69, 9.17) is 26.8 Å². The third-order valence-corrected chi connectivity index (χ3v) is 33.2. The Labute approximate surface area is 715 Å². The van der Waals surface area contributed by atoms with Crippen LogP contribution in [0.1, 0.15) is 49.9 Å². The van der Waals surface area contributed by atoms with Gasteiger partial charge in [0.25, 0.3) is 0 Å². The molecule has 0 N–H and O–H groups in total. The molecule has 0 spiro atoms. The van der Waals surface area contributed by atoms with Gasteiger partial charge >= 0.3 is 0 Å². The lowest BCUT2D eigenvalue weighted by molar-refractivity contribution is 0.587. The van der Waals surface area contributed by atoms with Gasteiger partial charge in [-0.3, -0.25) is 9.24 Å². The van der Waals surface area contributed by atoms with Crippen LogP contribution in [0, 0.1) is 0 Å². The summed E-state index contributed by atoms with van der Waals surface area (Å²) in [6, 6.07) is 145. The fourth-order valence-corrected chi connectivity index (χ4v) is 27.2. The summed E-state index contributed by atoms with van der Waals surface area (Å²) in [5.41, 5.74) is 32.7. The van der Waals surface area contributed by atoms with Crippen LogP contribution in [0.3, 0.4) is 0 Å². The summed E-state index contributed by atoms with van der Waals surface area (Å²) in [5.74, 6) is 1.10. The van der Waals surface area contributed by atoms with Gasteiger partial charge in [-0.2, -0.15) is 0 Å². The van der Waals surface area contributed by atoms with Crippen LogP contribution in [0.5, 0.6) is 0 Å². The fourth-order valence-electron chi connectivity index (χ4n) is 20.1. The zero-order chi connectivity index (χ0) is 81.7. The van der Waals surface area contributed by atoms with Crippen molar-refractivity contribution in [1.82, 2.24) is 19.5 Å². The van der Waals surface area contributed by atoms with Gasteiger partial charge in [0.2, 0.25) is 7.29 Å². The Morgan fingerprint density at radius 1 is 0.311 bits per heavy atom. The predicted octanol–water partition coefficient (Wildman–Crippen LogP) is 27.6. The number of aromatic nitrogens is 4. The summed E-state index contributed by atoms with van der Waals surface area (Å²) in [7, 11) is -3.42. The van der Waals surface area contributed by atoms with Crippen molar-refractivity contribution in [2.45, 2.75) is 38.5 Å². The van der Waals surface area contributed by atoms with Crippen molar-refractivity contribution in [3.8, 4) is 106 Å². The standard InChI is InChI=1S/C111H79N7OP2S/c1-110(2)95-49-24-20-46-91(95)105-96(110)50-30-52-102(105)115(80-60-55-72(56-61-80)74-58-65-100-93(68-74)88-44-22-26-53-103(88)120(119,84-41-18-9-19-42-84)117(100)81-37-14-7-15-38-81)83-62-63-86-90-48-29-47-85(106(90)111(3,4)97(86)71-83)77-33-28-34-78(67-77)108-112-107(73-31-10-5-11-32-73)113-109(114-108)121(122)104-54-27-23-45-89(104)94-70-76(59-66-101(94)118(121)82-39-16-8-17-40-82)75-57-64-99-92(69-75)87-43-21-25-51-98(87)116(99)79-35-12-6-13-36-79/h5-71H,1-4H3. The SMILES string of the molecule is CC1(C)c2ccccc2-c2c(N(c3ccc(-c4ccc5c(c4)-c4ccccc4P(=O)(c4ccccc4)N5c4ccccc4)cc3)c3ccc4c(c3)C(C)(C)c3c(-c5cccc(-c6nc(-c7ccccc7)nc(P7(=S)c8ccccc8-c8cc(-c9ccc%10c(c9)c9ccccc9n%10-c9ccccc9)ccc8N7c7ccccc7)n6)c5)cccc3-4)cccc21. The second kappa shape index (κ2) is 28.2. The minimum Gasteiger partial charge on any atom is -0.310 e. The molecule has 2 aliphatic heterocycles. The first-order chi connectivity index (χ1) is 59.8. The molecular weight excluding hydrogens is 1540 g/mol. The van der Waals surface area contributed by atoms with E-state index in [-0.39, 0.29) is 5.41 Å². The van der Waals surface area contributed by atoms with Crippen molar-refractivity contribution in [3.05, 3.63) is 429 Å². The van der Waals surface area contributed by atoms with Crippen molar-refractivity contribution < 1.29 is 4.57 Å². The van der Waals surface area contributed by atoms with E-state index in [1.807, 2.05) is 72.8 Å². The van der Waals surface area contributed by atoms with Crippen molar-refractivity contribution in [2.75, 3.05) is 14.2 Å². The van der Waals surface area contributed by atoms with Crippen LogP contribution in [-0.4, -0.2) is 19.5 Å². The summed E-state index contributed by atoms with van der Waals surface area (Å²) in [6.45, 7) is 9.51. The number of anilines is 7. The molecule has 0 bridgehead atoms. The highest BCUT2D eigenvalue weighted by atomic mass is 32.4. The van der Waals surface area contributed by atoms with Crippen LogP contribution >= 0.6 is 13.5 Å². The Bertz CT molecular complexity index is 7600. The Kier molecular flexibility index (Phi) is 16.9. The Morgan fingerprint density at radius 3 is 1.53 bits per heavy atom. The first-order valence-corrected chi connectivity index (χ1v) is 46.1. The van der Waals surface area contributed by atoms with Crippen LogP contribution < -0.4 is 35.7 Å². The van der Waals surface area contributed by atoms with Gasteiger partial charge in [-0.1, -0.05) is 312 Å². The van der Waals surface area contributed by atoms with Gasteiger partial charge in [0.15, 0.2) is 17.2 Å². The minimum absolute atomic E-state index is 0.231. The number of fused-ring (bicyclic) bond motifs is 15. The lowest BCUT2D eigenvalue weighted by Gasteiger charge is -2.42. The molecule has 11 heteroatoms. The summed E-state index contributed by atoms with van der Waals surface area (Å²) < 4.78 is 23.1. The second-order valence-corrected chi connectivity index (χ2v) is 39.8. The number of nitrogens with zero attached hydrogens (tertiary/aromatic N) is 7. The lowest BCUT2D eigenvalue weighted by Crippen LogP contribution is -2.36. The van der Waals surface area contributed by atoms with E-state index >= 15 is 4.57 Å². The Balaban J connectivity index is 0.622. The first kappa shape index (κ1) is 73.0. The average Bonchev–Trinajstić information content (AvgIpc) is 1.07. The third kappa shape index (κ3) is 11.2. The molecule has 2 unspecified atom stereocenters. The zero-order valence-corrected chi connectivity index (χ0v) is 70.1. The molecule has 0 saturated heterocycles. The number of hydrogen-bond acceptors (Lipinski definition) is 6. The number of rotatable bonds is 13. The Morgan fingerprint density at radius 2 is 0.811 bits per heavy atom. The van der Waals surface area contributed by atoms with Crippen molar-refractivity contribution in [3.63, 3.8) is 0 Å². The molecule has 580 valence electrons. The summed E-state index contributed by atoms with van der Waals surface area (Å²) in [4.78, 5) is 19.3. The first-order valence-electron chi connectivity index (χ1n) is 41.7. The van der Waals surface area contributed by atoms with E-state index in [0.717, 1.165) is 134 Å². The smallest absolute Gasteiger partial charge is 0.234 e. The van der Waals surface area contributed by atoms with E-state index in [9.17, 15) is 0 Å². The van der Waals surface area contributed by atoms with Crippen LogP contribution in [-0.2, 0) is 27.2 Å². The molecule has 17 aromatic carbocycles. The maximum absolute atomic E-state index is 16.3. The van der Waals surface area contributed by atoms with E-state index in [2.05, 4.69) is 380 Å². The van der Waals surface area contributed by atoms with Gasteiger partial charge in [-0.15, -0.1) is 0 Å². The summed E-state index contributed by atoms with van der Waals surface area (Å²) >= 11 is 7.54. The molecule has 0 radical (unpaired) electrons. The third-order valence-electron chi connectivity index (χ3n) is 25.7. The van der Waals surface area contributed by atoms with E-state index < -0.39 is 18.9 Å². The van der Waals surface area contributed by atoms with E-state index in [0.29, 0.717) is 17.2 Å². The van der Waals surface area contributed by atoms with Gasteiger partial charge in [0.1, 0.15) is 6.19 Å². The number of para-hydroxylation sites is 4. The summed E-state index contributed by atoms with van der Waals surface area (Å²) in [6.07, 6.45) is -3.26. The molecule has 4 heterocycles. The van der Waals surface area contributed by atoms with Crippen LogP contribution in [0.15, 0.2) is 406 Å². The zero-order valence-electron chi connectivity index (χ0n) is 67.5. The summed E-state index contributed by atoms with van der Waals surface area (Å²) in [5, 5.41) is 5.02. The molecule has 19 aromatic rings. The quantitative estimate of drug-likeness (QED) is 0.106. The highest BCUT2D eigenvalue weighted by Gasteiger charge is 2.46. The monoisotopic (exact) mass is 1620 g/mol. The molecular formula is C111H79N7OP2S. The molecule has 2 atom stereocenters. The van der Waals surface area contributed by atoms with Gasteiger partial charge in [0, 0.05) is 93.8 Å². The van der Waals surface area contributed by atoms with Gasteiger partial charge in [-0.05, 0) is 217 Å². The topological polar surface area (TPSA) is 70.4 Å². The van der Waals surface area contributed by atoms with Crippen molar-refractivity contribution >= 4 is 108 Å². The van der Waals surface area contributed by atoms with Crippen molar-refractivity contribution in [1.29, 1.82) is 0 Å². The predicted molar refractivity (Wildman–Crippen MR) is 513 cm³/mol. The van der Waals surface area contributed by atoms with Crippen LogP contribution in [0.4, 0.5) is 39.8 Å². The molecule has 2 aliphatic carbocycles. The maximum Gasteiger partial charge on any atom is 0.234 e. The molecule has 0 saturated carbocycles. The molecule has 8 nitrogen and oxygen atoms in total. The number of hydrogen-bond donors (Lipinski definition) is 0. The highest BCUT2D eigenvalue weighted by Crippen LogP contribution is 2.65. The van der Waals surface area contributed by atoms with Crippen LogP contribution in [0.2, 0.25) is 0 Å².